The molecule has 1 aromatic rings. The molecular weight excluding hydrogens is 228 g/mol. The fraction of sp³-hybridized carbons (Fsp3) is 0.429. The maximum absolute atomic E-state index is 8.64. The highest BCUT2D eigenvalue weighted by Gasteiger charge is 2.22. The summed E-state index contributed by atoms with van der Waals surface area (Å²) < 4.78 is 5.88. The zero-order valence-electron chi connectivity index (χ0n) is 6.49. The van der Waals surface area contributed by atoms with Crippen LogP contribution in [-0.4, -0.2) is 23.4 Å². The van der Waals surface area contributed by atoms with Crippen LogP contribution in [0.4, 0.5) is 0 Å². The number of aromatic nitrogens is 1. The number of hydrogen-bond donors (Lipinski definition) is 0. The highest BCUT2D eigenvalue weighted by Crippen LogP contribution is 2.34. The Labute approximate surface area is 88.7 Å². The number of thioether (sulfide) groups is 1. The van der Waals surface area contributed by atoms with E-state index in [1.165, 1.54) is 11.3 Å². The molecule has 0 atom stereocenters. The van der Waals surface area contributed by atoms with Crippen molar-refractivity contribution in [3.05, 3.63) is 10.0 Å². The molecule has 1 saturated heterocycles. The molecule has 13 heavy (non-hydrogen) atoms. The molecule has 0 amide bonds. The van der Waals surface area contributed by atoms with Gasteiger partial charge >= 0.3 is 0 Å². The number of halogens is 1. The number of nitrogens with zero attached hydrogens (tertiary/aromatic N) is 2. The Morgan fingerprint density at radius 2 is 2.46 bits per heavy atom. The lowest BCUT2D eigenvalue weighted by Gasteiger charge is -2.23. The van der Waals surface area contributed by atoms with Crippen LogP contribution in [0, 0.1) is 11.3 Å². The maximum Gasteiger partial charge on any atom is 0.159 e. The Bertz CT molecular complexity index is 356. The molecule has 1 aliphatic heterocycles. The molecule has 0 aromatic carbocycles. The Hall–Kier alpha value is -0.280. The van der Waals surface area contributed by atoms with Crippen LogP contribution in [0.15, 0.2) is 4.34 Å². The highest BCUT2D eigenvalue weighted by atomic mass is 35.5. The Kier molecular flexibility index (Phi) is 2.74. The molecule has 0 saturated carbocycles. The van der Waals surface area contributed by atoms with Crippen molar-refractivity contribution in [1.29, 1.82) is 5.26 Å². The quantitative estimate of drug-likeness (QED) is 0.784. The first-order chi connectivity index (χ1) is 6.29. The van der Waals surface area contributed by atoms with Crippen LogP contribution in [0.3, 0.4) is 0 Å². The van der Waals surface area contributed by atoms with E-state index in [0.29, 0.717) is 15.3 Å². The summed E-state index contributed by atoms with van der Waals surface area (Å²) in [5.41, 5.74) is 0. The zero-order valence-corrected chi connectivity index (χ0v) is 8.88. The summed E-state index contributed by atoms with van der Waals surface area (Å²) in [6.45, 7) is 1.54. The van der Waals surface area contributed by atoms with E-state index < -0.39 is 0 Å². The molecule has 1 aliphatic rings. The van der Waals surface area contributed by atoms with Gasteiger partial charge < -0.3 is 4.74 Å². The summed E-state index contributed by atoms with van der Waals surface area (Å²) in [5, 5.41) is 9.43. The molecule has 2 heterocycles. The molecule has 1 aromatic heterocycles. The van der Waals surface area contributed by atoms with Gasteiger partial charge in [0.1, 0.15) is 10.9 Å². The number of rotatable bonds is 2. The van der Waals surface area contributed by atoms with E-state index in [9.17, 15) is 0 Å². The van der Waals surface area contributed by atoms with Gasteiger partial charge in [0, 0.05) is 0 Å². The highest BCUT2D eigenvalue weighted by molar-refractivity contribution is 8.01. The second-order valence-electron chi connectivity index (χ2n) is 2.49. The van der Waals surface area contributed by atoms with Crippen LogP contribution in [0.5, 0.6) is 0 Å². The molecule has 1 fully saturated rings. The van der Waals surface area contributed by atoms with E-state index in [1.807, 2.05) is 6.07 Å². The Balaban J connectivity index is 2.08. The van der Waals surface area contributed by atoms with Crippen molar-refractivity contribution in [2.75, 3.05) is 13.2 Å². The van der Waals surface area contributed by atoms with Gasteiger partial charge in [-0.05, 0) is 0 Å². The lowest BCUT2D eigenvalue weighted by atomic mass is 10.4. The van der Waals surface area contributed by atoms with Crippen molar-refractivity contribution in [2.45, 2.75) is 9.59 Å². The van der Waals surface area contributed by atoms with E-state index in [1.54, 1.807) is 11.8 Å². The molecule has 3 nitrogen and oxygen atoms in total. The normalized spacial score (nSPS) is 16.6. The molecule has 68 valence electrons. The number of hydrogen-bond acceptors (Lipinski definition) is 5. The minimum atomic E-state index is 0.315. The maximum atomic E-state index is 8.64. The SMILES string of the molecule is N#Cc1sc(SC2COC2)nc1Cl. The van der Waals surface area contributed by atoms with E-state index in [-0.39, 0.29) is 0 Å². The van der Waals surface area contributed by atoms with Gasteiger partial charge in [0.15, 0.2) is 9.49 Å². The van der Waals surface area contributed by atoms with Gasteiger partial charge in [-0.25, -0.2) is 4.98 Å². The van der Waals surface area contributed by atoms with E-state index in [0.717, 1.165) is 17.6 Å². The molecule has 6 heteroatoms. The van der Waals surface area contributed by atoms with Gasteiger partial charge in [0.25, 0.3) is 0 Å². The summed E-state index contributed by atoms with van der Waals surface area (Å²) in [5.74, 6) is 0. The first kappa shape index (κ1) is 9.28. The molecule has 0 bridgehead atoms. The van der Waals surface area contributed by atoms with Gasteiger partial charge in [-0.2, -0.15) is 5.26 Å². The summed E-state index contributed by atoms with van der Waals surface area (Å²) in [4.78, 5) is 4.56. The van der Waals surface area contributed by atoms with Crippen molar-refractivity contribution in [3.8, 4) is 6.07 Å². The van der Waals surface area contributed by atoms with Crippen molar-refractivity contribution in [1.82, 2.24) is 4.98 Å². The fourth-order valence-corrected chi connectivity index (χ4v) is 3.27. The fourth-order valence-electron chi connectivity index (χ4n) is 0.827. The summed E-state index contributed by atoms with van der Waals surface area (Å²) in [6.07, 6.45) is 0. The molecule has 0 spiro atoms. The predicted molar refractivity (Wildman–Crippen MR) is 52.3 cm³/mol. The monoisotopic (exact) mass is 232 g/mol. The molecule has 0 radical (unpaired) electrons. The van der Waals surface area contributed by atoms with Gasteiger partial charge in [-0.1, -0.05) is 34.7 Å². The van der Waals surface area contributed by atoms with Crippen LogP contribution >= 0.6 is 34.7 Å². The summed E-state index contributed by atoms with van der Waals surface area (Å²) in [7, 11) is 0. The second kappa shape index (κ2) is 3.84. The lowest BCUT2D eigenvalue weighted by molar-refractivity contribution is 0.0455. The topological polar surface area (TPSA) is 45.9 Å². The first-order valence-corrected chi connectivity index (χ1v) is 5.68. The average molecular weight is 233 g/mol. The number of thiazole rings is 1. The second-order valence-corrected chi connectivity index (χ2v) is 5.39. The standard InChI is InChI=1S/C7H5ClN2OS2/c8-6-5(1-9)13-7(10-6)12-4-2-11-3-4/h4H,2-3H2. The van der Waals surface area contributed by atoms with Crippen LogP contribution in [0.25, 0.3) is 0 Å². The van der Waals surface area contributed by atoms with Crippen LogP contribution < -0.4 is 0 Å². The minimum Gasteiger partial charge on any atom is -0.379 e. The zero-order chi connectivity index (χ0) is 9.26. The van der Waals surface area contributed by atoms with Crippen molar-refractivity contribution < 1.29 is 4.74 Å². The van der Waals surface area contributed by atoms with Crippen molar-refractivity contribution >= 4 is 34.7 Å². The van der Waals surface area contributed by atoms with E-state index >= 15 is 0 Å². The van der Waals surface area contributed by atoms with Crippen LogP contribution in [0.1, 0.15) is 4.88 Å². The molecule has 0 unspecified atom stereocenters. The van der Waals surface area contributed by atoms with Gasteiger partial charge in [0.05, 0.1) is 18.5 Å². The van der Waals surface area contributed by atoms with Gasteiger partial charge in [-0.3, -0.25) is 0 Å². The lowest BCUT2D eigenvalue weighted by Crippen LogP contribution is -2.29. The summed E-state index contributed by atoms with van der Waals surface area (Å²) >= 11 is 8.69. The number of ether oxygens (including phenoxy) is 1. The molecule has 0 aliphatic carbocycles. The van der Waals surface area contributed by atoms with E-state index in [4.69, 9.17) is 21.6 Å². The summed E-state index contributed by atoms with van der Waals surface area (Å²) in [6, 6.07) is 2.00. The third kappa shape index (κ3) is 1.97. The minimum absolute atomic E-state index is 0.315. The van der Waals surface area contributed by atoms with Crippen LogP contribution in [0.2, 0.25) is 5.15 Å². The largest absolute Gasteiger partial charge is 0.379 e. The molecule has 0 N–H and O–H groups in total. The average Bonchev–Trinajstić information content (AvgIpc) is 2.39. The smallest absolute Gasteiger partial charge is 0.159 e. The first-order valence-electron chi connectivity index (χ1n) is 3.60. The van der Waals surface area contributed by atoms with E-state index in [2.05, 4.69) is 4.98 Å². The third-order valence-electron chi connectivity index (χ3n) is 1.54. The Morgan fingerprint density at radius 3 is 2.92 bits per heavy atom. The van der Waals surface area contributed by atoms with Crippen molar-refractivity contribution in [2.24, 2.45) is 0 Å². The third-order valence-corrected chi connectivity index (χ3v) is 4.12. The molecule has 2 rings (SSSR count). The van der Waals surface area contributed by atoms with Crippen molar-refractivity contribution in [3.63, 3.8) is 0 Å². The predicted octanol–water partition coefficient (Wildman–Crippen LogP) is 2.16. The van der Waals surface area contributed by atoms with Crippen LogP contribution in [-0.2, 0) is 4.74 Å². The number of nitriles is 1. The Morgan fingerprint density at radius 1 is 1.69 bits per heavy atom. The van der Waals surface area contributed by atoms with Gasteiger partial charge in [-0.15, -0.1) is 0 Å². The molecular formula is C7H5ClN2OS2. The van der Waals surface area contributed by atoms with Gasteiger partial charge in [0.2, 0.25) is 0 Å².